The van der Waals surface area contributed by atoms with Gasteiger partial charge < -0.3 is 10.6 Å². The summed E-state index contributed by atoms with van der Waals surface area (Å²) < 4.78 is 38.2. The Hall–Kier alpha value is -1.76. The lowest BCUT2D eigenvalue weighted by Gasteiger charge is -2.37. The average molecular weight is 274 g/mol. The van der Waals surface area contributed by atoms with Gasteiger partial charge in [-0.05, 0) is 25.5 Å². The van der Waals surface area contributed by atoms with Crippen molar-refractivity contribution in [2.45, 2.75) is 25.6 Å². The highest BCUT2D eigenvalue weighted by Crippen LogP contribution is 2.36. The highest BCUT2D eigenvalue weighted by Gasteiger charge is 2.37. The summed E-state index contributed by atoms with van der Waals surface area (Å²) in [6, 6.07) is 3.11. The Balaban J connectivity index is 2.20. The van der Waals surface area contributed by atoms with Gasteiger partial charge in [-0.2, -0.15) is 13.2 Å². The van der Waals surface area contributed by atoms with Crippen LogP contribution in [0.4, 0.5) is 13.2 Å². The molecule has 7 heteroatoms. The summed E-state index contributed by atoms with van der Waals surface area (Å²) >= 11 is 0. The van der Waals surface area contributed by atoms with E-state index in [1.165, 1.54) is 24.1 Å². The molecule has 4 nitrogen and oxygen atoms in total. The van der Waals surface area contributed by atoms with E-state index in [0.717, 1.165) is 6.07 Å². The molecule has 1 fully saturated rings. The van der Waals surface area contributed by atoms with Crippen LogP contribution in [0.3, 0.4) is 0 Å². The first-order chi connectivity index (χ1) is 8.80. The van der Waals surface area contributed by atoms with E-state index in [1.807, 2.05) is 0 Å². The van der Waals surface area contributed by atoms with Crippen LogP contribution in [0.1, 0.15) is 17.5 Å². The first-order valence-corrected chi connectivity index (χ1v) is 5.71. The number of hydroxylamine groups is 2. The number of nitrogens with zero attached hydrogens (tertiary/aromatic N) is 1. The standard InChI is InChI=1S/C12H13F3N2O2/c1-7-8(12(13,14)15)3-2-4-10(7)19-17-6-5-9(17)11(16)18/h2-4,9H,5-6H2,1H3,(H2,16,18). The Morgan fingerprint density at radius 1 is 1.47 bits per heavy atom. The van der Waals surface area contributed by atoms with Gasteiger partial charge in [0.2, 0.25) is 5.91 Å². The van der Waals surface area contributed by atoms with Crippen molar-refractivity contribution in [3.05, 3.63) is 29.3 Å². The molecule has 19 heavy (non-hydrogen) atoms. The Labute approximate surface area is 107 Å². The van der Waals surface area contributed by atoms with Crippen LogP contribution in [0.2, 0.25) is 0 Å². The lowest BCUT2D eigenvalue weighted by molar-refractivity contribution is -0.169. The minimum atomic E-state index is -4.43. The zero-order valence-corrected chi connectivity index (χ0v) is 10.2. The van der Waals surface area contributed by atoms with Crippen molar-refractivity contribution in [2.24, 2.45) is 5.73 Å². The molecule has 1 unspecified atom stereocenters. The summed E-state index contributed by atoms with van der Waals surface area (Å²) in [6.45, 7) is 1.79. The van der Waals surface area contributed by atoms with Gasteiger partial charge in [0.25, 0.3) is 0 Å². The number of primary amides is 1. The van der Waals surface area contributed by atoms with Crippen LogP contribution >= 0.6 is 0 Å². The highest BCUT2D eigenvalue weighted by molar-refractivity contribution is 5.80. The minimum Gasteiger partial charge on any atom is -0.405 e. The fourth-order valence-corrected chi connectivity index (χ4v) is 1.90. The van der Waals surface area contributed by atoms with Crippen LogP contribution in [0.25, 0.3) is 0 Å². The van der Waals surface area contributed by atoms with E-state index >= 15 is 0 Å². The Bertz CT molecular complexity index is 502. The van der Waals surface area contributed by atoms with Gasteiger partial charge in [-0.15, -0.1) is 5.06 Å². The van der Waals surface area contributed by atoms with Gasteiger partial charge in [-0.3, -0.25) is 4.79 Å². The summed E-state index contributed by atoms with van der Waals surface area (Å²) in [5.41, 5.74) is 4.38. The van der Waals surface area contributed by atoms with Gasteiger partial charge in [0.1, 0.15) is 6.04 Å². The third-order valence-corrected chi connectivity index (χ3v) is 3.10. The molecule has 1 saturated heterocycles. The number of benzene rings is 1. The predicted molar refractivity (Wildman–Crippen MR) is 61.1 cm³/mol. The maximum absolute atomic E-state index is 12.7. The van der Waals surface area contributed by atoms with Crippen molar-refractivity contribution in [3.63, 3.8) is 0 Å². The number of carbonyl (C=O) groups excluding carboxylic acids is 1. The number of carbonyl (C=O) groups is 1. The number of nitrogens with two attached hydrogens (primary N) is 1. The van der Waals surface area contributed by atoms with Crippen molar-refractivity contribution in [2.75, 3.05) is 6.54 Å². The second-order valence-corrected chi connectivity index (χ2v) is 4.37. The summed E-state index contributed by atoms with van der Waals surface area (Å²) in [7, 11) is 0. The zero-order valence-electron chi connectivity index (χ0n) is 10.2. The topological polar surface area (TPSA) is 55.6 Å². The van der Waals surface area contributed by atoms with Crippen molar-refractivity contribution < 1.29 is 22.8 Å². The van der Waals surface area contributed by atoms with Crippen LogP contribution in [0.5, 0.6) is 5.75 Å². The highest BCUT2D eigenvalue weighted by atomic mass is 19.4. The maximum Gasteiger partial charge on any atom is 0.416 e. The van der Waals surface area contributed by atoms with E-state index in [0.29, 0.717) is 13.0 Å². The van der Waals surface area contributed by atoms with Gasteiger partial charge in [0.05, 0.1) is 5.56 Å². The molecule has 0 aromatic heterocycles. The molecule has 1 amide bonds. The molecule has 0 aliphatic carbocycles. The molecular weight excluding hydrogens is 261 g/mol. The van der Waals surface area contributed by atoms with Crippen molar-refractivity contribution in [3.8, 4) is 5.75 Å². The summed E-state index contributed by atoms with van der Waals surface area (Å²) in [6.07, 6.45) is -3.88. The zero-order chi connectivity index (χ0) is 14.2. The Kier molecular flexibility index (Phi) is 3.40. The first-order valence-electron chi connectivity index (χ1n) is 5.71. The number of hydrogen-bond donors (Lipinski definition) is 1. The fourth-order valence-electron chi connectivity index (χ4n) is 1.90. The lowest BCUT2D eigenvalue weighted by Crippen LogP contribution is -2.56. The largest absolute Gasteiger partial charge is 0.416 e. The van der Waals surface area contributed by atoms with Crippen LogP contribution in [-0.2, 0) is 11.0 Å². The molecule has 1 heterocycles. The van der Waals surface area contributed by atoms with E-state index in [4.69, 9.17) is 10.6 Å². The molecular formula is C12H13F3N2O2. The van der Waals surface area contributed by atoms with Gasteiger partial charge in [0, 0.05) is 12.1 Å². The van der Waals surface area contributed by atoms with Crippen LogP contribution < -0.4 is 10.6 Å². The molecule has 1 aliphatic heterocycles. The molecule has 2 N–H and O–H groups in total. The SMILES string of the molecule is Cc1c(ON2CCC2C(N)=O)cccc1C(F)(F)F. The number of alkyl halides is 3. The van der Waals surface area contributed by atoms with E-state index in [9.17, 15) is 18.0 Å². The molecule has 1 aromatic rings. The van der Waals surface area contributed by atoms with Crippen molar-refractivity contribution in [1.82, 2.24) is 5.06 Å². The van der Waals surface area contributed by atoms with Crippen LogP contribution in [0.15, 0.2) is 18.2 Å². The second-order valence-electron chi connectivity index (χ2n) is 4.37. The average Bonchev–Trinajstić information content (AvgIpc) is 2.23. The molecule has 0 saturated carbocycles. The van der Waals surface area contributed by atoms with E-state index in [1.54, 1.807) is 0 Å². The smallest absolute Gasteiger partial charge is 0.405 e. The molecule has 0 radical (unpaired) electrons. The summed E-state index contributed by atoms with van der Waals surface area (Å²) in [5, 5.41) is 1.30. The Morgan fingerprint density at radius 3 is 2.63 bits per heavy atom. The first kappa shape index (κ1) is 13.7. The van der Waals surface area contributed by atoms with Gasteiger partial charge in [-0.25, -0.2) is 0 Å². The summed E-state index contributed by atoms with van der Waals surface area (Å²) in [5.74, 6) is -0.461. The molecule has 0 bridgehead atoms. The lowest BCUT2D eigenvalue weighted by atomic mass is 10.1. The molecule has 1 aromatic carbocycles. The maximum atomic E-state index is 12.7. The number of amides is 1. The quantitative estimate of drug-likeness (QED) is 0.915. The second kappa shape index (κ2) is 4.73. The van der Waals surface area contributed by atoms with Gasteiger partial charge in [-0.1, -0.05) is 6.07 Å². The molecule has 0 spiro atoms. The molecule has 1 atom stereocenters. The normalized spacial score (nSPS) is 19.9. The van der Waals surface area contributed by atoms with E-state index in [2.05, 4.69) is 0 Å². The van der Waals surface area contributed by atoms with Crippen molar-refractivity contribution in [1.29, 1.82) is 0 Å². The van der Waals surface area contributed by atoms with Gasteiger partial charge >= 0.3 is 6.18 Å². The number of hydrogen-bond acceptors (Lipinski definition) is 3. The predicted octanol–water partition coefficient (Wildman–Crippen LogP) is 1.87. The van der Waals surface area contributed by atoms with Crippen molar-refractivity contribution >= 4 is 5.91 Å². The monoisotopic (exact) mass is 274 g/mol. The molecule has 2 rings (SSSR count). The van der Waals surface area contributed by atoms with E-state index < -0.39 is 23.7 Å². The van der Waals surface area contributed by atoms with E-state index in [-0.39, 0.29) is 11.3 Å². The fraction of sp³-hybridized carbons (Fsp3) is 0.417. The number of rotatable bonds is 3. The molecule has 104 valence electrons. The molecule has 1 aliphatic rings. The number of halogens is 3. The van der Waals surface area contributed by atoms with Crippen LogP contribution in [-0.4, -0.2) is 23.6 Å². The third-order valence-electron chi connectivity index (χ3n) is 3.10. The minimum absolute atomic E-state index is 0.00915. The Morgan fingerprint density at radius 2 is 2.16 bits per heavy atom. The summed E-state index contributed by atoms with van der Waals surface area (Å²) in [4.78, 5) is 16.3. The van der Waals surface area contributed by atoms with Gasteiger partial charge in [0.15, 0.2) is 5.75 Å². The van der Waals surface area contributed by atoms with Crippen LogP contribution in [0, 0.1) is 6.92 Å². The third kappa shape index (κ3) is 2.65.